The maximum absolute atomic E-state index is 14.6. The summed E-state index contributed by atoms with van der Waals surface area (Å²) in [5, 5.41) is 18.3. The monoisotopic (exact) mass is 698 g/mol. The SMILES string of the molecule is COc1ccc(Nc2cc(Oc3ccc(C(C)(C)CC(C)(C)C)cc3)c3cnc(-c4cc5ccccc5cc4O)c4c3c2C(=O)c2ccccc2-4)cc1. The first kappa shape index (κ1) is 34.0. The van der Waals surface area contributed by atoms with Gasteiger partial charge in [-0.1, -0.05) is 95.3 Å². The number of pyridine rings is 1. The van der Waals surface area contributed by atoms with Gasteiger partial charge in [-0.2, -0.15) is 0 Å². The van der Waals surface area contributed by atoms with E-state index in [0.717, 1.165) is 39.8 Å². The van der Waals surface area contributed by atoms with E-state index < -0.39 is 0 Å². The zero-order valence-corrected chi connectivity index (χ0v) is 30.9. The summed E-state index contributed by atoms with van der Waals surface area (Å²) in [5.74, 6) is 1.96. The Morgan fingerprint density at radius 3 is 2.04 bits per heavy atom. The molecule has 0 atom stereocenters. The lowest BCUT2D eigenvalue weighted by atomic mass is 9.72. The Morgan fingerprint density at radius 1 is 0.717 bits per heavy atom. The van der Waals surface area contributed by atoms with Crippen molar-refractivity contribution in [3.8, 4) is 45.4 Å². The van der Waals surface area contributed by atoms with Crippen LogP contribution in [0.4, 0.5) is 11.4 Å². The molecule has 0 radical (unpaired) electrons. The van der Waals surface area contributed by atoms with Crippen LogP contribution < -0.4 is 14.8 Å². The molecular weight excluding hydrogens is 657 g/mol. The number of ketones is 1. The number of hydrogen-bond acceptors (Lipinski definition) is 6. The van der Waals surface area contributed by atoms with Gasteiger partial charge in [0, 0.05) is 45.4 Å². The third kappa shape index (κ3) is 6.24. The van der Waals surface area contributed by atoms with Crippen molar-refractivity contribution < 1.29 is 19.4 Å². The number of anilines is 2. The molecule has 6 aromatic carbocycles. The molecule has 7 aromatic rings. The summed E-state index contributed by atoms with van der Waals surface area (Å²) in [5.41, 5.74) is 6.55. The lowest BCUT2D eigenvalue weighted by Crippen LogP contribution is -2.24. The van der Waals surface area contributed by atoms with Gasteiger partial charge >= 0.3 is 0 Å². The zero-order valence-electron chi connectivity index (χ0n) is 30.9. The Balaban J connectivity index is 1.36. The van der Waals surface area contributed by atoms with Crippen LogP contribution in [0.15, 0.2) is 121 Å². The Morgan fingerprint density at radius 2 is 1.36 bits per heavy atom. The third-order valence-corrected chi connectivity index (χ3v) is 10.1. The first-order valence-corrected chi connectivity index (χ1v) is 18.0. The molecule has 0 saturated carbocycles. The number of ether oxygens (including phenoxy) is 2. The van der Waals surface area contributed by atoms with Crippen molar-refractivity contribution in [3.05, 3.63) is 138 Å². The second kappa shape index (κ2) is 12.8. The number of fused-ring (bicyclic) bond motifs is 3. The first-order valence-electron chi connectivity index (χ1n) is 18.0. The number of carbonyl (C=O) groups is 1. The summed E-state index contributed by atoms with van der Waals surface area (Å²) in [6.45, 7) is 11.4. The summed E-state index contributed by atoms with van der Waals surface area (Å²) in [6, 6.07) is 37.1. The Hall–Kier alpha value is -6.14. The van der Waals surface area contributed by atoms with Gasteiger partial charge in [-0.3, -0.25) is 9.78 Å². The molecule has 6 heteroatoms. The number of aromatic nitrogens is 1. The van der Waals surface area contributed by atoms with Gasteiger partial charge in [0.15, 0.2) is 5.78 Å². The maximum Gasteiger partial charge on any atom is 0.196 e. The number of carbonyl (C=O) groups excluding carboxylic acids is 1. The van der Waals surface area contributed by atoms with Crippen molar-refractivity contribution in [1.82, 2.24) is 4.98 Å². The summed E-state index contributed by atoms with van der Waals surface area (Å²) >= 11 is 0. The van der Waals surface area contributed by atoms with Crippen molar-refractivity contribution >= 4 is 38.7 Å². The Labute approximate surface area is 310 Å². The van der Waals surface area contributed by atoms with Gasteiger partial charge in [-0.15, -0.1) is 0 Å². The summed E-state index contributed by atoms with van der Waals surface area (Å²) in [6.07, 6.45) is 2.80. The van der Waals surface area contributed by atoms with Gasteiger partial charge in [0.05, 0.1) is 24.1 Å². The highest BCUT2D eigenvalue weighted by Gasteiger charge is 2.33. The minimum absolute atomic E-state index is 0.0190. The molecule has 1 aliphatic carbocycles. The predicted molar refractivity (Wildman–Crippen MR) is 215 cm³/mol. The van der Waals surface area contributed by atoms with E-state index in [0.29, 0.717) is 50.3 Å². The number of phenolic OH excluding ortho intramolecular Hbond substituents is 1. The van der Waals surface area contributed by atoms with E-state index in [9.17, 15) is 9.90 Å². The lowest BCUT2D eigenvalue weighted by molar-refractivity contribution is 0.104. The molecule has 0 bridgehead atoms. The van der Waals surface area contributed by atoms with Crippen molar-refractivity contribution in [3.63, 3.8) is 0 Å². The molecule has 0 spiro atoms. The van der Waals surface area contributed by atoms with Gasteiger partial charge in [-0.05, 0) is 87.7 Å². The van der Waals surface area contributed by atoms with Gasteiger partial charge in [0.25, 0.3) is 0 Å². The third-order valence-electron chi connectivity index (χ3n) is 10.1. The summed E-state index contributed by atoms with van der Waals surface area (Å²) < 4.78 is 12.1. The van der Waals surface area contributed by atoms with E-state index in [1.165, 1.54) is 5.56 Å². The van der Waals surface area contributed by atoms with E-state index in [1.54, 1.807) is 19.4 Å². The Bertz CT molecular complexity index is 2550. The topological polar surface area (TPSA) is 80.7 Å². The van der Waals surface area contributed by atoms with Gasteiger partial charge in [-0.25, -0.2) is 0 Å². The standard InChI is InChI=1S/C47H42N2O4/c1-46(2,3)27-47(4,5)30-15-19-33(20-16-30)53-40-25-38(49-31-17-21-32(52-6)22-18-31)43-41-37(40)26-48-44(42(41)34-13-9-10-14-35(34)45(43)51)36-23-28-11-7-8-12-29(28)24-39(36)50/h7-26,49-50H,27H2,1-6H3. The largest absolute Gasteiger partial charge is 0.507 e. The summed E-state index contributed by atoms with van der Waals surface area (Å²) in [4.78, 5) is 19.7. The Kier molecular flexibility index (Phi) is 8.22. The second-order valence-electron chi connectivity index (χ2n) is 15.8. The smallest absolute Gasteiger partial charge is 0.196 e. The minimum atomic E-state index is -0.106. The number of nitrogens with one attached hydrogen (secondary N) is 1. The molecule has 8 rings (SSSR count). The van der Waals surface area contributed by atoms with E-state index in [2.05, 4.69) is 52.1 Å². The van der Waals surface area contributed by atoms with Crippen LogP contribution in [0.2, 0.25) is 0 Å². The zero-order chi connectivity index (χ0) is 37.1. The molecule has 6 nitrogen and oxygen atoms in total. The van der Waals surface area contributed by atoms with Crippen molar-refractivity contribution in [2.45, 2.75) is 46.5 Å². The van der Waals surface area contributed by atoms with Gasteiger partial charge in [0.2, 0.25) is 0 Å². The molecule has 1 heterocycles. The van der Waals surface area contributed by atoms with Crippen LogP contribution in [-0.4, -0.2) is 23.0 Å². The van der Waals surface area contributed by atoms with Crippen LogP contribution in [0.3, 0.4) is 0 Å². The fourth-order valence-electron chi connectivity index (χ4n) is 8.07. The molecule has 1 aromatic heterocycles. The highest BCUT2D eigenvalue weighted by Crippen LogP contribution is 2.51. The number of benzene rings is 6. The first-order chi connectivity index (χ1) is 25.4. The van der Waals surface area contributed by atoms with Crippen LogP contribution in [0.1, 0.15) is 62.5 Å². The normalized spacial score (nSPS) is 12.5. The lowest BCUT2D eigenvalue weighted by Gasteiger charge is -2.33. The van der Waals surface area contributed by atoms with Crippen molar-refractivity contribution in [2.24, 2.45) is 5.41 Å². The fourth-order valence-corrected chi connectivity index (χ4v) is 8.07. The molecule has 0 amide bonds. The van der Waals surface area contributed by atoms with Crippen LogP contribution in [0, 0.1) is 5.41 Å². The molecule has 2 N–H and O–H groups in total. The molecule has 53 heavy (non-hydrogen) atoms. The number of hydrogen-bond donors (Lipinski definition) is 2. The average Bonchev–Trinajstić information content (AvgIpc) is 3.13. The highest BCUT2D eigenvalue weighted by atomic mass is 16.5. The molecule has 0 unspecified atom stereocenters. The molecule has 0 saturated heterocycles. The van der Waals surface area contributed by atoms with Crippen LogP contribution >= 0.6 is 0 Å². The van der Waals surface area contributed by atoms with Crippen molar-refractivity contribution in [2.75, 3.05) is 12.4 Å². The van der Waals surface area contributed by atoms with E-state index in [-0.39, 0.29) is 22.4 Å². The number of methoxy groups -OCH3 is 1. The van der Waals surface area contributed by atoms with E-state index in [1.807, 2.05) is 97.1 Å². The average molecular weight is 699 g/mol. The minimum Gasteiger partial charge on any atom is -0.507 e. The van der Waals surface area contributed by atoms with Crippen molar-refractivity contribution in [1.29, 1.82) is 0 Å². The van der Waals surface area contributed by atoms with E-state index >= 15 is 0 Å². The summed E-state index contributed by atoms with van der Waals surface area (Å²) in [7, 11) is 1.63. The number of rotatable bonds is 8. The quantitative estimate of drug-likeness (QED) is 0.164. The van der Waals surface area contributed by atoms with E-state index in [4.69, 9.17) is 14.5 Å². The molecule has 264 valence electrons. The fraction of sp³-hybridized carbons (Fsp3) is 0.191. The molecule has 1 aliphatic rings. The number of phenols is 1. The number of nitrogens with zero attached hydrogens (tertiary/aromatic N) is 1. The number of aromatic hydroxyl groups is 1. The van der Waals surface area contributed by atoms with Crippen LogP contribution in [0.5, 0.6) is 23.0 Å². The van der Waals surface area contributed by atoms with Crippen LogP contribution in [-0.2, 0) is 5.41 Å². The van der Waals surface area contributed by atoms with Crippen LogP contribution in [0.25, 0.3) is 43.9 Å². The van der Waals surface area contributed by atoms with Gasteiger partial charge in [0.1, 0.15) is 23.0 Å². The molecule has 0 fully saturated rings. The second-order valence-corrected chi connectivity index (χ2v) is 15.8. The molecule has 0 aliphatic heterocycles. The molecular formula is C47H42N2O4. The highest BCUT2D eigenvalue weighted by molar-refractivity contribution is 6.30. The maximum atomic E-state index is 14.6. The van der Waals surface area contributed by atoms with Gasteiger partial charge < -0.3 is 19.9 Å². The predicted octanol–water partition coefficient (Wildman–Crippen LogP) is 12.2.